The first-order valence-corrected chi connectivity index (χ1v) is 5.57. The predicted octanol–water partition coefficient (Wildman–Crippen LogP) is 0.0622. The van der Waals surface area contributed by atoms with Gasteiger partial charge < -0.3 is 15.2 Å². The quantitative estimate of drug-likeness (QED) is 0.768. The van der Waals surface area contributed by atoms with Crippen molar-refractivity contribution in [1.82, 2.24) is 15.0 Å². The maximum absolute atomic E-state index is 5.60. The first kappa shape index (κ1) is 11.5. The molecule has 16 heavy (non-hydrogen) atoms. The first-order chi connectivity index (χ1) is 7.85. The molecular weight excluding hydrogens is 208 g/mol. The molecule has 1 fully saturated rings. The van der Waals surface area contributed by atoms with Gasteiger partial charge in [0.05, 0.1) is 24.9 Å². The molecule has 1 aromatic rings. The Hall–Kier alpha value is -0.980. The van der Waals surface area contributed by atoms with E-state index in [0.29, 0.717) is 13.2 Å². The Morgan fingerprint density at radius 1 is 1.62 bits per heavy atom. The number of nitrogens with two attached hydrogens (primary N) is 1. The smallest absolute Gasteiger partial charge is 0.102 e. The number of nitrogens with zero attached hydrogens (tertiary/aromatic N) is 3. The van der Waals surface area contributed by atoms with E-state index in [1.165, 1.54) is 0 Å². The van der Waals surface area contributed by atoms with E-state index in [-0.39, 0.29) is 6.10 Å². The normalized spacial score (nSPS) is 20.5. The van der Waals surface area contributed by atoms with E-state index in [2.05, 4.69) is 10.3 Å². The minimum Gasteiger partial charge on any atom is -0.378 e. The summed E-state index contributed by atoms with van der Waals surface area (Å²) in [5.74, 6) is 0. The summed E-state index contributed by atoms with van der Waals surface area (Å²) in [5, 5.41) is 8.14. The van der Waals surface area contributed by atoms with Crippen molar-refractivity contribution in [3.8, 4) is 0 Å². The van der Waals surface area contributed by atoms with E-state index in [0.717, 1.165) is 37.4 Å². The highest BCUT2D eigenvalue weighted by Crippen LogP contribution is 2.15. The molecule has 6 heteroatoms. The van der Waals surface area contributed by atoms with Crippen molar-refractivity contribution in [3.63, 3.8) is 0 Å². The number of hydrogen-bond donors (Lipinski definition) is 1. The molecule has 2 heterocycles. The molecular formula is C10H18N4O2. The van der Waals surface area contributed by atoms with Crippen LogP contribution >= 0.6 is 0 Å². The molecule has 1 aliphatic rings. The highest BCUT2D eigenvalue weighted by atomic mass is 16.5. The van der Waals surface area contributed by atoms with Crippen LogP contribution in [0, 0.1) is 0 Å². The predicted molar refractivity (Wildman–Crippen MR) is 57.6 cm³/mol. The van der Waals surface area contributed by atoms with Crippen molar-refractivity contribution in [1.29, 1.82) is 0 Å². The second-order valence-corrected chi connectivity index (χ2v) is 3.94. The summed E-state index contributed by atoms with van der Waals surface area (Å²) in [7, 11) is 1.66. The molecule has 0 spiro atoms. The molecule has 1 saturated heterocycles. The summed E-state index contributed by atoms with van der Waals surface area (Å²) in [6.45, 7) is 2.48. The van der Waals surface area contributed by atoms with Crippen molar-refractivity contribution in [3.05, 3.63) is 11.4 Å². The fourth-order valence-electron chi connectivity index (χ4n) is 1.95. The Bertz CT molecular complexity index is 334. The van der Waals surface area contributed by atoms with Crippen LogP contribution in [0.3, 0.4) is 0 Å². The van der Waals surface area contributed by atoms with Crippen LogP contribution in [0.5, 0.6) is 0 Å². The molecule has 0 amide bonds. The minimum atomic E-state index is 0.253. The fourth-order valence-corrected chi connectivity index (χ4v) is 1.95. The van der Waals surface area contributed by atoms with Gasteiger partial charge in [-0.1, -0.05) is 5.21 Å². The van der Waals surface area contributed by atoms with Crippen molar-refractivity contribution >= 4 is 0 Å². The topological polar surface area (TPSA) is 75.2 Å². The van der Waals surface area contributed by atoms with Crippen molar-refractivity contribution in [2.24, 2.45) is 5.73 Å². The van der Waals surface area contributed by atoms with Crippen LogP contribution in [0.2, 0.25) is 0 Å². The number of aromatic nitrogens is 3. The average Bonchev–Trinajstić information content (AvgIpc) is 2.91. The molecule has 2 N–H and O–H groups in total. The summed E-state index contributed by atoms with van der Waals surface area (Å²) < 4.78 is 12.6. The van der Waals surface area contributed by atoms with Crippen molar-refractivity contribution in [2.45, 2.75) is 38.6 Å². The van der Waals surface area contributed by atoms with E-state index < -0.39 is 0 Å². The summed E-state index contributed by atoms with van der Waals surface area (Å²) in [6, 6.07) is 0. The van der Waals surface area contributed by atoms with Gasteiger partial charge in [0.1, 0.15) is 5.69 Å². The van der Waals surface area contributed by atoms with Gasteiger partial charge in [-0.05, 0) is 12.8 Å². The number of rotatable bonds is 5. The zero-order chi connectivity index (χ0) is 11.4. The van der Waals surface area contributed by atoms with E-state index in [1.54, 1.807) is 7.11 Å². The summed E-state index contributed by atoms with van der Waals surface area (Å²) in [6.07, 6.45) is 2.47. The maximum atomic E-state index is 5.60. The second-order valence-electron chi connectivity index (χ2n) is 3.94. The average molecular weight is 226 g/mol. The Kier molecular flexibility index (Phi) is 3.87. The third-order valence-corrected chi connectivity index (χ3v) is 2.79. The Morgan fingerprint density at radius 3 is 3.12 bits per heavy atom. The van der Waals surface area contributed by atoms with Crippen LogP contribution < -0.4 is 5.73 Å². The SMILES string of the molecule is COCc1c(CN)nnn1CC1CCCO1. The number of methoxy groups -OCH3 is 1. The molecule has 0 bridgehead atoms. The highest BCUT2D eigenvalue weighted by Gasteiger charge is 2.19. The van der Waals surface area contributed by atoms with Crippen LogP contribution in [0.15, 0.2) is 0 Å². The lowest BCUT2D eigenvalue weighted by atomic mass is 10.2. The van der Waals surface area contributed by atoms with Gasteiger partial charge in [0, 0.05) is 20.3 Å². The Balaban J connectivity index is 2.09. The van der Waals surface area contributed by atoms with Crippen molar-refractivity contribution < 1.29 is 9.47 Å². The molecule has 0 saturated carbocycles. The number of ether oxygens (including phenoxy) is 2. The van der Waals surface area contributed by atoms with Gasteiger partial charge in [-0.15, -0.1) is 5.10 Å². The lowest BCUT2D eigenvalue weighted by molar-refractivity contribution is 0.0899. The first-order valence-electron chi connectivity index (χ1n) is 5.57. The molecule has 90 valence electrons. The van der Waals surface area contributed by atoms with Gasteiger partial charge in [0.25, 0.3) is 0 Å². The van der Waals surface area contributed by atoms with E-state index >= 15 is 0 Å². The summed E-state index contributed by atoms with van der Waals surface area (Å²) >= 11 is 0. The highest BCUT2D eigenvalue weighted by molar-refractivity contribution is 5.08. The molecule has 0 radical (unpaired) electrons. The summed E-state index contributed by atoms with van der Waals surface area (Å²) in [4.78, 5) is 0. The lowest BCUT2D eigenvalue weighted by Gasteiger charge is -2.11. The molecule has 6 nitrogen and oxygen atoms in total. The zero-order valence-electron chi connectivity index (χ0n) is 9.56. The van der Waals surface area contributed by atoms with Gasteiger partial charge in [0.15, 0.2) is 0 Å². The standard InChI is InChI=1S/C10H18N4O2/c1-15-7-10-9(5-11)12-13-14(10)6-8-3-2-4-16-8/h8H,2-7,11H2,1H3. The monoisotopic (exact) mass is 226 g/mol. The van der Waals surface area contributed by atoms with Crippen molar-refractivity contribution in [2.75, 3.05) is 13.7 Å². The van der Waals surface area contributed by atoms with Crippen LogP contribution in [0.4, 0.5) is 0 Å². The lowest BCUT2D eigenvalue weighted by Crippen LogP contribution is -2.18. The summed E-state index contributed by atoms with van der Waals surface area (Å²) in [5.41, 5.74) is 7.36. The maximum Gasteiger partial charge on any atom is 0.102 e. The molecule has 0 aliphatic carbocycles. The third-order valence-electron chi connectivity index (χ3n) is 2.79. The van der Waals surface area contributed by atoms with Crippen LogP contribution in [0.1, 0.15) is 24.2 Å². The van der Waals surface area contributed by atoms with E-state index in [4.69, 9.17) is 15.2 Å². The second kappa shape index (κ2) is 5.38. The van der Waals surface area contributed by atoms with Gasteiger partial charge in [-0.25, -0.2) is 4.68 Å². The van der Waals surface area contributed by atoms with E-state index in [1.807, 2.05) is 4.68 Å². The molecule has 1 atom stereocenters. The molecule has 1 aromatic heterocycles. The Morgan fingerprint density at radius 2 is 2.50 bits per heavy atom. The van der Waals surface area contributed by atoms with E-state index in [9.17, 15) is 0 Å². The van der Waals surface area contributed by atoms with Gasteiger partial charge >= 0.3 is 0 Å². The van der Waals surface area contributed by atoms with Gasteiger partial charge in [0.2, 0.25) is 0 Å². The molecule has 1 unspecified atom stereocenters. The minimum absolute atomic E-state index is 0.253. The molecule has 2 rings (SSSR count). The van der Waals surface area contributed by atoms with Crippen LogP contribution in [-0.4, -0.2) is 34.8 Å². The van der Waals surface area contributed by atoms with Gasteiger partial charge in [-0.3, -0.25) is 0 Å². The van der Waals surface area contributed by atoms with Crippen LogP contribution in [-0.2, 0) is 29.2 Å². The Labute approximate surface area is 94.7 Å². The fraction of sp³-hybridized carbons (Fsp3) is 0.800. The molecule has 1 aliphatic heterocycles. The van der Waals surface area contributed by atoms with Gasteiger partial charge in [-0.2, -0.15) is 0 Å². The third kappa shape index (κ3) is 2.40. The zero-order valence-corrected chi connectivity index (χ0v) is 9.56. The largest absolute Gasteiger partial charge is 0.378 e. The molecule has 0 aromatic carbocycles. The number of hydrogen-bond acceptors (Lipinski definition) is 5. The van der Waals surface area contributed by atoms with Crippen LogP contribution in [0.25, 0.3) is 0 Å².